The molecule has 6 heteroatoms. The average Bonchev–Trinajstić information content (AvgIpc) is 2.47. The van der Waals surface area contributed by atoms with E-state index in [0.717, 1.165) is 26.1 Å². The van der Waals surface area contributed by atoms with Crippen molar-refractivity contribution in [1.29, 1.82) is 0 Å². The summed E-state index contributed by atoms with van der Waals surface area (Å²) in [7, 11) is 0. The first-order valence-electron chi connectivity index (χ1n) is 7.12. The second-order valence-electron chi connectivity index (χ2n) is 4.54. The van der Waals surface area contributed by atoms with Crippen molar-refractivity contribution in [2.45, 2.75) is 30.9 Å². The van der Waals surface area contributed by atoms with E-state index in [4.69, 9.17) is 0 Å². The lowest BCUT2D eigenvalue weighted by Crippen LogP contribution is -2.29. The number of alkyl halides is 2. The van der Waals surface area contributed by atoms with Crippen LogP contribution in [0.5, 0.6) is 0 Å². The van der Waals surface area contributed by atoms with Gasteiger partial charge < -0.3 is 10.2 Å². The lowest BCUT2D eigenvalue weighted by atomic mass is 10.2. The number of halogens is 2. The van der Waals surface area contributed by atoms with Crippen molar-refractivity contribution in [3.05, 3.63) is 29.8 Å². The van der Waals surface area contributed by atoms with Crippen molar-refractivity contribution in [2.24, 2.45) is 0 Å². The molecule has 0 aliphatic carbocycles. The summed E-state index contributed by atoms with van der Waals surface area (Å²) in [5, 5.41) is 2.84. The maximum Gasteiger partial charge on any atom is 0.288 e. The van der Waals surface area contributed by atoms with E-state index < -0.39 is 5.76 Å². The Kier molecular flexibility index (Phi) is 8.30. The summed E-state index contributed by atoms with van der Waals surface area (Å²) in [6.07, 6.45) is 0.896. The van der Waals surface area contributed by atoms with E-state index in [1.165, 1.54) is 0 Å². The number of nitrogens with one attached hydrogen (secondary N) is 1. The molecule has 0 atom stereocenters. The fourth-order valence-corrected chi connectivity index (χ4v) is 2.43. The van der Waals surface area contributed by atoms with Crippen molar-refractivity contribution in [3.8, 4) is 0 Å². The normalized spacial score (nSPS) is 11.1. The van der Waals surface area contributed by atoms with Crippen molar-refractivity contribution in [2.75, 3.05) is 26.2 Å². The van der Waals surface area contributed by atoms with Crippen molar-refractivity contribution in [3.63, 3.8) is 0 Å². The Bertz CT molecular complexity index is 422. The van der Waals surface area contributed by atoms with E-state index in [-0.39, 0.29) is 5.91 Å². The monoisotopic (exact) mass is 316 g/mol. The molecule has 0 saturated heterocycles. The second kappa shape index (κ2) is 9.73. The zero-order valence-corrected chi connectivity index (χ0v) is 13.3. The van der Waals surface area contributed by atoms with E-state index in [2.05, 4.69) is 24.1 Å². The molecule has 0 bridgehead atoms. The van der Waals surface area contributed by atoms with Crippen LogP contribution in [0.15, 0.2) is 29.2 Å². The van der Waals surface area contributed by atoms with Crippen LogP contribution in [0.4, 0.5) is 8.78 Å². The third-order valence-electron chi connectivity index (χ3n) is 3.17. The van der Waals surface area contributed by atoms with Crippen LogP contribution in [0.25, 0.3) is 0 Å². The Balaban J connectivity index is 2.35. The van der Waals surface area contributed by atoms with E-state index >= 15 is 0 Å². The molecular weight excluding hydrogens is 294 g/mol. The summed E-state index contributed by atoms with van der Waals surface area (Å²) >= 11 is 0.478. The van der Waals surface area contributed by atoms with Gasteiger partial charge in [0, 0.05) is 17.0 Å². The quantitative estimate of drug-likeness (QED) is 0.559. The molecule has 0 fully saturated rings. The fraction of sp³-hybridized carbons (Fsp3) is 0.533. The van der Waals surface area contributed by atoms with Gasteiger partial charge in [0.25, 0.3) is 11.7 Å². The van der Waals surface area contributed by atoms with E-state index in [9.17, 15) is 13.6 Å². The maximum atomic E-state index is 12.2. The lowest BCUT2D eigenvalue weighted by Gasteiger charge is -2.17. The van der Waals surface area contributed by atoms with Crippen molar-refractivity contribution in [1.82, 2.24) is 10.2 Å². The number of rotatable bonds is 9. The van der Waals surface area contributed by atoms with Gasteiger partial charge in [-0.25, -0.2) is 0 Å². The number of nitrogens with zero attached hydrogens (tertiary/aromatic N) is 1. The number of amides is 1. The molecule has 0 aliphatic rings. The van der Waals surface area contributed by atoms with Crippen LogP contribution < -0.4 is 5.32 Å². The van der Waals surface area contributed by atoms with Crippen LogP contribution in [0.3, 0.4) is 0 Å². The number of thioether (sulfide) groups is 1. The number of hydrogen-bond acceptors (Lipinski definition) is 3. The van der Waals surface area contributed by atoms with E-state index in [1.807, 2.05) is 0 Å². The molecular formula is C15H22F2N2OS. The first kappa shape index (κ1) is 17.9. The Morgan fingerprint density at radius 3 is 2.38 bits per heavy atom. The summed E-state index contributed by atoms with van der Waals surface area (Å²) in [6.45, 7) is 7.81. The predicted octanol–water partition coefficient (Wildman–Crippen LogP) is 3.46. The van der Waals surface area contributed by atoms with Gasteiger partial charge >= 0.3 is 0 Å². The van der Waals surface area contributed by atoms with Crippen molar-refractivity contribution < 1.29 is 13.6 Å². The maximum absolute atomic E-state index is 12.2. The molecule has 0 heterocycles. The molecule has 1 N–H and O–H groups in total. The molecule has 1 aromatic rings. The van der Waals surface area contributed by atoms with Gasteiger partial charge in [-0.05, 0) is 50.3 Å². The number of benzene rings is 1. The molecule has 1 aromatic carbocycles. The minimum absolute atomic E-state index is 0.164. The predicted molar refractivity (Wildman–Crippen MR) is 83.0 cm³/mol. The Morgan fingerprint density at radius 1 is 1.24 bits per heavy atom. The van der Waals surface area contributed by atoms with Gasteiger partial charge in [0.1, 0.15) is 0 Å². The number of carbonyl (C=O) groups excluding carboxylic acids is 1. The summed E-state index contributed by atoms with van der Waals surface area (Å²) in [6, 6.07) is 6.23. The van der Waals surface area contributed by atoms with Gasteiger partial charge in [-0.1, -0.05) is 25.6 Å². The minimum Gasteiger partial charge on any atom is -0.352 e. The highest BCUT2D eigenvalue weighted by molar-refractivity contribution is 7.99. The first-order valence-corrected chi connectivity index (χ1v) is 8.00. The highest BCUT2D eigenvalue weighted by atomic mass is 32.2. The van der Waals surface area contributed by atoms with Crippen LogP contribution in [0.1, 0.15) is 30.6 Å². The van der Waals surface area contributed by atoms with Crippen LogP contribution in [-0.4, -0.2) is 42.7 Å². The Labute approximate surface area is 129 Å². The average molecular weight is 316 g/mol. The molecule has 0 aromatic heterocycles. The zero-order valence-electron chi connectivity index (χ0n) is 12.4. The standard InChI is InChI=1S/C15H22F2N2OS/c1-3-19(4-2)11-5-10-18-14(20)12-6-8-13(9-7-12)21-15(16)17/h6-9,15H,3-5,10-11H2,1-2H3,(H,18,20). The summed E-state index contributed by atoms with van der Waals surface area (Å²) in [4.78, 5) is 14.6. The molecule has 0 aliphatic heterocycles. The van der Waals surface area contributed by atoms with Gasteiger partial charge in [-0.3, -0.25) is 4.79 Å². The van der Waals surface area contributed by atoms with E-state index in [0.29, 0.717) is 28.8 Å². The second-order valence-corrected chi connectivity index (χ2v) is 5.60. The lowest BCUT2D eigenvalue weighted by molar-refractivity contribution is 0.0952. The third kappa shape index (κ3) is 6.91. The number of hydrogen-bond donors (Lipinski definition) is 1. The van der Waals surface area contributed by atoms with Gasteiger partial charge in [0.2, 0.25) is 0 Å². The summed E-state index contributed by atoms with van der Waals surface area (Å²) in [5.74, 6) is -2.60. The molecule has 0 unspecified atom stereocenters. The topological polar surface area (TPSA) is 32.3 Å². The van der Waals surface area contributed by atoms with Crippen LogP contribution in [0, 0.1) is 0 Å². The first-order chi connectivity index (χ1) is 10.1. The molecule has 0 radical (unpaired) electrons. The highest BCUT2D eigenvalue weighted by Crippen LogP contribution is 2.25. The smallest absolute Gasteiger partial charge is 0.288 e. The van der Waals surface area contributed by atoms with Gasteiger partial charge in [0.15, 0.2) is 0 Å². The SMILES string of the molecule is CCN(CC)CCCNC(=O)c1ccc(SC(F)F)cc1. The van der Waals surface area contributed by atoms with E-state index in [1.54, 1.807) is 24.3 Å². The molecule has 0 saturated carbocycles. The third-order valence-corrected chi connectivity index (χ3v) is 3.90. The number of carbonyl (C=O) groups is 1. The van der Waals surface area contributed by atoms with Crippen molar-refractivity contribution >= 4 is 17.7 Å². The van der Waals surface area contributed by atoms with Crippen LogP contribution >= 0.6 is 11.8 Å². The molecule has 0 spiro atoms. The van der Waals surface area contributed by atoms with Gasteiger partial charge in [-0.15, -0.1) is 0 Å². The summed E-state index contributed by atoms with van der Waals surface area (Å²) < 4.78 is 24.4. The molecule has 1 amide bonds. The molecule has 118 valence electrons. The highest BCUT2D eigenvalue weighted by Gasteiger charge is 2.08. The van der Waals surface area contributed by atoms with Crippen LogP contribution in [0.2, 0.25) is 0 Å². The largest absolute Gasteiger partial charge is 0.352 e. The molecule has 21 heavy (non-hydrogen) atoms. The van der Waals surface area contributed by atoms with Gasteiger partial charge in [0.05, 0.1) is 0 Å². The van der Waals surface area contributed by atoms with Gasteiger partial charge in [-0.2, -0.15) is 8.78 Å². The zero-order chi connectivity index (χ0) is 15.7. The molecule has 3 nitrogen and oxygen atoms in total. The van der Waals surface area contributed by atoms with Crippen LogP contribution in [-0.2, 0) is 0 Å². The fourth-order valence-electron chi connectivity index (χ4n) is 1.93. The Morgan fingerprint density at radius 2 is 1.86 bits per heavy atom. The molecule has 1 rings (SSSR count). The summed E-state index contributed by atoms with van der Waals surface area (Å²) in [5.41, 5.74) is 0.497. The Hall–Kier alpha value is -1.14. The minimum atomic E-state index is -2.44.